The molecule has 0 aliphatic carbocycles. The average Bonchev–Trinajstić information content (AvgIpc) is 2.21. The van der Waals surface area contributed by atoms with Gasteiger partial charge in [-0.3, -0.25) is 4.79 Å². The Morgan fingerprint density at radius 2 is 2.33 bits per heavy atom. The molecule has 1 aromatic rings. The number of allylic oxidation sites excluding steroid dienone is 1. The molecule has 0 radical (unpaired) electrons. The van der Waals surface area contributed by atoms with Crippen molar-refractivity contribution in [1.29, 1.82) is 0 Å². The molecule has 0 bridgehead atoms. The van der Waals surface area contributed by atoms with Crippen molar-refractivity contribution >= 4 is 11.6 Å². The maximum Gasteiger partial charge on any atom is 0.248 e. The predicted molar refractivity (Wildman–Crippen MR) is 57.7 cm³/mol. The van der Waals surface area contributed by atoms with Crippen molar-refractivity contribution in [3.8, 4) is 0 Å². The average molecular weight is 208 g/mol. The van der Waals surface area contributed by atoms with Crippen molar-refractivity contribution in [3.63, 3.8) is 0 Å². The smallest absolute Gasteiger partial charge is 0.248 e. The summed E-state index contributed by atoms with van der Waals surface area (Å²) < 4.78 is 13.2. The van der Waals surface area contributed by atoms with Crippen LogP contribution < -0.4 is 11.1 Å². The summed E-state index contributed by atoms with van der Waals surface area (Å²) in [5.74, 6) is -0.823. The maximum atomic E-state index is 13.2. The van der Waals surface area contributed by atoms with Crippen molar-refractivity contribution < 1.29 is 9.18 Å². The van der Waals surface area contributed by atoms with Crippen LogP contribution in [0.4, 0.5) is 10.1 Å². The number of halogens is 1. The highest BCUT2D eigenvalue weighted by Crippen LogP contribution is 2.15. The van der Waals surface area contributed by atoms with Crippen molar-refractivity contribution in [3.05, 3.63) is 41.7 Å². The number of benzene rings is 1. The van der Waals surface area contributed by atoms with Gasteiger partial charge in [-0.15, -0.1) is 0 Å². The third-order valence-corrected chi connectivity index (χ3v) is 1.84. The van der Waals surface area contributed by atoms with E-state index in [1.54, 1.807) is 19.1 Å². The minimum absolute atomic E-state index is 0.154. The van der Waals surface area contributed by atoms with Crippen LogP contribution in [0.25, 0.3) is 0 Å². The fraction of sp³-hybridized carbons (Fsp3) is 0.182. The second-order valence-electron chi connectivity index (χ2n) is 3.01. The number of hydrogen-bond acceptors (Lipinski definition) is 2. The van der Waals surface area contributed by atoms with Crippen molar-refractivity contribution in [1.82, 2.24) is 0 Å². The molecule has 4 heteroatoms. The summed E-state index contributed by atoms with van der Waals surface area (Å²) >= 11 is 0. The van der Waals surface area contributed by atoms with Crippen LogP contribution in [0.3, 0.4) is 0 Å². The van der Waals surface area contributed by atoms with E-state index in [4.69, 9.17) is 5.73 Å². The molecular formula is C11H13FN2O. The summed E-state index contributed by atoms with van der Waals surface area (Å²) in [6.07, 6.45) is 2.91. The van der Waals surface area contributed by atoms with Gasteiger partial charge >= 0.3 is 0 Å². The Kier molecular flexibility index (Phi) is 4.00. The van der Waals surface area contributed by atoms with E-state index < -0.39 is 5.82 Å². The monoisotopic (exact) mass is 208 g/mol. The Bertz CT molecular complexity index is 388. The Balaban J connectivity index is 2.88. The van der Waals surface area contributed by atoms with E-state index in [0.717, 1.165) is 5.56 Å². The van der Waals surface area contributed by atoms with Crippen LogP contribution in [0.2, 0.25) is 0 Å². The lowest BCUT2D eigenvalue weighted by Crippen LogP contribution is -2.10. The summed E-state index contributed by atoms with van der Waals surface area (Å²) in [4.78, 5) is 11.2. The Morgan fingerprint density at radius 3 is 2.93 bits per heavy atom. The standard InChI is InChI=1S/C11H13FN2O/c1-2-3-11(15)14-10-6-8(7-13)4-5-9(10)12/h2-6H,7,13H2,1H3,(H,14,15)/b3-2+. The van der Waals surface area contributed by atoms with Crippen LogP contribution in [-0.2, 0) is 11.3 Å². The fourth-order valence-corrected chi connectivity index (χ4v) is 1.12. The summed E-state index contributed by atoms with van der Waals surface area (Å²) in [5, 5.41) is 2.43. The zero-order valence-corrected chi connectivity index (χ0v) is 8.46. The van der Waals surface area contributed by atoms with E-state index in [1.165, 1.54) is 18.2 Å². The van der Waals surface area contributed by atoms with E-state index in [1.807, 2.05) is 0 Å². The van der Waals surface area contributed by atoms with E-state index in [-0.39, 0.29) is 11.6 Å². The number of carbonyl (C=O) groups is 1. The molecule has 3 nitrogen and oxygen atoms in total. The summed E-state index contributed by atoms with van der Waals surface area (Å²) in [6.45, 7) is 2.03. The van der Waals surface area contributed by atoms with Crippen LogP contribution in [0, 0.1) is 5.82 Å². The third kappa shape index (κ3) is 3.18. The topological polar surface area (TPSA) is 55.1 Å². The molecule has 3 N–H and O–H groups in total. The summed E-state index contributed by atoms with van der Waals surface area (Å²) in [6, 6.07) is 4.39. The van der Waals surface area contributed by atoms with Crippen LogP contribution >= 0.6 is 0 Å². The van der Waals surface area contributed by atoms with Gasteiger partial charge in [0.15, 0.2) is 0 Å². The van der Waals surface area contributed by atoms with Gasteiger partial charge in [-0.25, -0.2) is 4.39 Å². The quantitative estimate of drug-likeness (QED) is 0.744. The summed E-state index contributed by atoms with van der Waals surface area (Å²) in [5.41, 5.74) is 6.33. The fourth-order valence-electron chi connectivity index (χ4n) is 1.12. The van der Waals surface area contributed by atoms with Crippen molar-refractivity contribution in [2.75, 3.05) is 5.32 Å². The van der Waals surface area contributed by atoms with Crippen LogP contribution in [0.15, 0.2) is 30.4 Å². The highest BCUT2D eigenvalue weighted by molar-refractivity contribution is 5.99. The number of amides is 1. The molecule has 0 saturated heterocycles. The Morgan fingerprint density at radius 1 is 1.60 bits per heavy atom. The first-order valence-corrected chi connectivity index (χ1v) is 4.59. The lowest BCUT2D eigenvalue weighted by molar-refractivity contribution is -0.111. The van der Waals surface area contributed by atoms with Crippen LogP contribution in [0.5, 0.6) is 0 Å². The SMILES string of the molecule is C/C=C/C(=O)Nc1cc(CN)ccc1F. The second-order valence-corrected chi connectivity index (χ2v) is 3.01. The van der Waals surface area contributed by atoms with E-state index in [2.05, 4.69) is 5.32 Å². The van der Waals surface area contributed by atoms with Gasteiger partial charge in [0.25, 0.3) is 0 Å². The van der Waals surface area contributed by atoms with Gasteiger partial charge in [-0.2, -0.15) is 0 Å². The molecular weight excluding hydrogens is 195 g/mol. The molecule has 0 saturated carbocycles. The van der Waals surface area contributed by atoms with Crippen molar-refractivity contribution in [2.45, 2.75) is 13.5 Å². The number of carbonyl (C=O) groups excluding carboxylic acids is 1. The van der Waals surface area contributed by atoms with Crippen molar-refractivity contribution in [2.24, 2.45) is 5.73 Å². The molecule has 0 heterocycles. The lowest BCUT2D eigenvalue weighted by atomic mass is 10.2. The molecule has 0 aliphatic rings. The van der Waals surface area contributed by atoms with Gasteiger partial charge in [-0.05, 0) is 30.7 Å². The molecule has 80 valence electrons. The number of anilines is 1. The molecule has 0 aliphatic heterocycles. The molecule has 15 heavy (non-hydrogen) atoms. The second kappa shape index (κ2) is 5.26. The molecule has 0 unspecified atom stereocenters. The van der Waals surface area contributed by atoms with Gasteiger partial charge < -0.3 is 11.1 Å². The van der Waals surface area contributed by atoms with Gasteiger partial charge in [0, 0.05) is 6.54 Å². The first-order valence-electron chi connectivity index (χ1n) is 4.59. The predicted octanol–water partition coefficient (Wildman–Crippen LogP) is 1.80. The molecule has 1 rings (SSSR count). The largest absolute Gasteiger partial charge is 0.326 e. The van der Waals surface area contributed by atoms with E-state index >= 15 is 0 Å². The zero-order valence-electron chi connectivity index (χ0n) is 8.46. The number of nitrogens with two attached hydrogens (primary N) is 1. The molecule has 0 fully saturated rings. The van der Waals surface area contributed by atoms with Gasteiger partial charge in [0.1, 0.15) is 5.82 Å². The van der Waals surface area contributed by atoms with Crippen LogP contribution in [-0.4, -0.2) is 5.91 Å². The van der Waals surface area contributed by atoms with Gasteiger partial charge in [-0.1, -0.05) is 12.1 Å². The Hall–Kier alpha value is -1.68. The molecule has 0 atom stereocenters. The first-order chi connectivity index (χ1) is 7.17. The molecule has 0 spiro atoms. The normalized spacial score (nSPS) is 10.6. The molecule has 0 aromatic heterocycles. The number of nitrogens with one attached hydrogen (secondary N) is 1. The zero-order chi connectivity index (χ0) is 11.3. The minimum Gasteiger partial charge on any atom is -0.326 e. The first kappa shape index (κ1) is 11.4. The summed E-state index contributed by atoms with van der Waals surface area (Å²) in [7, 11) is 0. The Labute approximate surface area is 87.8 Å². The molecule has 1 amide bonds. The van der Waals surface area contributed by atoms with Gasteiger partial charge in [0.2, 0.25) is 5.91 Å². The lowest BCUT2D eigenvalue weighted by Gasteiger charge is -2.05. The van der Waals surface area contributed by atoms with Crippen LogP contribution in [0.1, 0.15) is 12.5 Å². The van der Waals surface area contributed by atoms with E-state index in [0.29, 0.717) is 6.54 Å². The van der Waals surface area contributed by atoms with E-state index in [9.17, 15) is 9.18 Å². The molecule has 1 aromatic carbocycles. The third-order valence-electron chi connectivity index (χ3n) is 1.84. The van der Waals surface area contributed by atoms with Gasteiger partial charge in [0.05, 0.1) is 5.69 Å². The number of rotatable bonds is 3. The minimum atomic E-state index is -0.468. The number of hydrogen-bond donors (Lipinski definition) is 2. The maximum absolute atomic E-state index is 13.2. The highest BCUT2D eigenvalue weighted by Gasteiger charge is 2.04. The highest BCUT2D eigenvalue weighted by atomic mass is 19.1.